The van der Waals surface area contributed by atoms with Crippen LogP contribution in [0.5, 0.6) is 0 Å². The molecule has 2 rings (SSSR count). The van der Waals surface area contributed by atoms with Gasteiger partial charge in [0.15, 0.2) is 0 Å². The van der Waals surface area contributed by atoms with E-state index < -0.39 is 11.7 Å². The SMILES string of the molecule is Cc1noc(C)c1CCCNc1cc(C#N)ccc1C(F)(F)F. The molecule has 0 saturated carbocycles. The maximum absolute atomic E-state index is 13.0. The number of nitrogens with zero attached hydrogens (tertiary/aromatic N) is 2. The maximum Gasteiger partial charge on any atom is 0.418 e. The van der Waals surface area contributed by atoms with Crippen molar-refractivity contribution in [1.82, 2.24) is 5.16 Å². The van der Waals surface area contributed by atoms with Crippen LogP contribution in [0, 0.1) is 25.2 Å². The molecule has 1 heterocycles. The fourth-order valence-electron chi connectivity index (χ4n) is 2.35. The third kappa shape index (κ3) is 4.03. The highest BCUT2D eigenvalue weighted by atomic mass is 19.4. The molecule has 7 heteroatoms. The van der Waals surface area contributed by atoms with Crippen LogP contribution >= 0.6 is 0 Å². The highest BCUT2D eigenvalue weighted by Crippen LogP contribution is 2.35. The predicted molar refractivity (Wildman–Crippen MR) is 78.9 cm³/mol. The number of halogens is 3. The first-order chi connectivity index (χ1) is 10.8. The Morgan fingerprint density at radius 2 is 2.04 bits per heavy atom. The molecular weight excluding hydrogens is 307 g/mol. The minimum absolute atomic E-state index is 0.0738. The molecule has 0 bridgehead atoms. The predicted octanol–water partition coefficient (Wildman–Crippen LogP) is 4.23. The average Bonchev–Trinajstić information content (AvgIpc) is 2.81. The van der Waals surface area contributed by atoms with Crippen molar-refractivity contribution in [3.8, 4) is 6.07 Å². The fraction of sp³-hybridized carbons (Fsp3) is 0.375. The third-order valence-electron chi connectivity index (χ3n) is 3.55. The van der Waals surface area contributed by atoms with E-state index in [1.807, 2.05) is 13.0 Å². The van der Waals surface area contributed by atoms with Gasteiger partial charge in [0.2, 0.25) is 0 Å². The molecule has 0 radical (unpaired) electrons. The van der Waals surface area contributed by atoms with Gasteiger partial charge in [0.05, 0.1) is 22.9 Å². The zero-order chi connectivity index (χ0) is 17.0. The number of hydrogen-bond donors (Lipinski definition) is 1. The zero-order valence-electron chi connectivity index (χ0n) is 12.8. The Kier molecular flexibility index (Phi) is 4.94. The number of alkyl halides is 3. The Morgan fingerprint density at radius 3 is 2.61 bits per heavy atom. The van der Waals surface area contributed by atoms with Crippen LogP contribution in [0.1, 0.15) is 34.6 Å². The summed E-state index contributed by atoms with van der Waals surface area (Å²) < 4.78 is 44.0. The maximum atomic E-state index is 13.0. The molecule has 1 aromatic carbocycles. The van der Waals surface area contributed by atoms with Gasteiger partial charge >= 0.3 is 6.18 Å². The molecule has 23 heavy (non-hydrogen) atoms. The van der Waals surface area contributed by atoms with Crippen LogP contribution in [-0.2, 0) is 12.6 Å². The van der Waals surface area contributed by atoms with E-state index in [0.29, 0.717) is 19.4 Å². The minimum atomic E-state index is -4.46. The molecule has 122 valence electrons. The van der Waals surface area contributed by atoms with Crippen LogP contribution in [0.25, 0.3) is 0 Å². The Hall–Kier alpha value is -2.49. The molecule has 1 N–H and O–H groups in total. The molecule has 0 unspecified atom stereocenters. The van der Waals surface area contributed by atoms with Gasteiger partial charge < -0.3 is 9.84 Å². The van der Waals surface area contributed by atoms with E-state index in [-0.39, 0.29) is 11.3 Å². The van der Waals surface area contributed by atoms with Crippen molar-refractivity contribution in [3.05, 3.63) is 46.3 Å². The van der Waals surface area contributed by atoms with Crippen molar-refractivity contribution in [1.29, 1.82) is 5.26 Å². The van der Waals surface area contributed by atoms with Crippen LogP contribution in [0.2, 0.25) is 0 Å². The molecule has 0 aliphatic rings. The monoisotopic (exact) mass is 323 g/mol. The van der Waals surface area contributed by atoms with E-state index in [0.717, 1.165) is 29.2 Å². The number of nitrogens with one attached hydrogen (secondary N) is 1. The topological polar surface area (TPSA) is 61.9 Å². The van der Waals surface area contributed by atoms with Crippen LogP contribution in [-0.4, -0.2) is 11.7 Å². The van der Waals surface area contributed by atoms with Gasteiger partial charge in [0, 0.05) is 17.8 Å². The molecule has 1 aromatic heterocycles. The summed E-state index contributed by atoms with van der Waals surface area (Å²) in [6.45, 7) is 3.99. The highest BCUT2D eigenvalue weighted by Gasteiger charge is 2.33. The number of rotatable bonds is 5. The Balaban J connectivity index is 2.04. The van der Waals surface area contributed by atoms with Gasteiger partial charge in [-0.2, -0.15) is 18.4 Å². The van der Waals surface area contributed by atoms with Crippen LogP contribution < -0.4 is 5.32 Å². The lowest BCUT2D eigenvalue weighted by Gasteiger charge is -2.14. The van der Waals surface area contributed by atoms with Crippen molar-refractivity contribution in [2.24, 2.45) is 0 Å². The van der Waals surface area contributed by atoms with E-state index in [9.17, 15) is 13.2 Å². The molecule has 0 atom stereocenters. The second-order valence-electron chi connectivity index (χ2n) is 5.20. The Morgan fingerprint density at radius 1 is 1.30 bits per heavy atom. The molecule has 0 saturated heterocycles. The molecule has 4 nitrogen and oxygen atoms in total. The molecule has 0 fully saturated rings. The molecule has 0 aliphatic carbocycles. The summed E-state index contributed by atoms with van der Waals surface area (Å²) in [4.78, 5) is 0. The lowest BCUT2D eigenvalue weighted by atomic mass is 10.1. The van der Waals surface area contributed by atoms with E-state index in [4.69, 9.17) is 9.78 Å². The first-order valence-electron chi connectivity index (χ1n) is 7.10. The largest absolute Gasteiger partial charge is 0.418 e. The average molecular weight is 323 g/mol. The number of aromatic nitrogens is 1. The number of aryl methyl sites for hydroxylation is 2. The van der Waals surface area contributed by atoms with Crippen molar-refractivity contribution in [3.63, 3.8) is 0 Å². The van der Waals surface area contributed by atoms with Crippen molar-refractivity contribution >= 4 is 5.69 Å². The van der Waals surface area contributed by atoms with E-state index in [2.05, 4.69) is 10.5 Å². The van der Waals surface area contributed by atoms with Gasteiger partial charge in [0.25, 0.3) is 0 Å². The van der Waals surface area contributed by atoms with Gasteiger partial charge in [-0.25, -0.2) is 0 Å². The summed E-state index contributed by atoms with van der Waals surface area (Å²) in [7, 11) is 0. The molecule has 0 aliphatic heterocycles. The minimum Gasteiger partial charge on any atom is -0.385 e. The highest BCUT2D eigenvalue weighted by molar-refractivity contribution is 5.57. The second kappa shape index (κ2) is 6.73. The zero-order valence-corrected chi connectivity index (χ0v) is 12.8. The first-order valence-corrected chi connectivity index (χ1v) is 7.10. The number of benzene rings is 1. The Labute approximate surface area is 131 Å². The summed E-state index contributed by atoms with van der Waals surface area (Å²) >= 11 is 0. The summed E-state index contributed by atoms with van der Waals surface area (Å²) in [5.74, 6) is 0.727. The summed E-state index contributed by atoms with van der Waals surface area (Å²) in [6, 6.07) is 5.16. The van der Waals surface area contributed by atoms with Gasteiger partial charge in [0.1, 0.15) is 5.76 Å². The molecule has 0 amide bonds. The van der Waals surface area contributed by atoms with Crippen molar-refractivity contribution in [2.45, 2.75) is 32.9 Å². The normalized spacial score (nSPS) is 11.3. The van der Waals surface area contributed by atoms with Crippen molar-refractivity contribution in [2.75, 3.05) is 11.9 Å². The molecule has 2 aromatic rings. The number of hydrogen-bond acceptors (Lipinski definition) is 4. The first kappa shape index (κ1) is 16.9. The quantitative estimate of drug-likeness (QED) is 0.837. The second-order valence-corrected chi connectivity index (χ2v) is 5.20. The summed E-state index contributed by atoms with van der Waals surface area (Å²) in [6.07, 6.45) is -3.18. The van der Waals surface area contributed by atoms with E-state index in [1.54, 1.807) is 6.92 Å². The van der Waals surface area contributed by atoms with Gasteiger partial charge in [-0.3, -0.25) is 0 Å². The fourth-order valence-corrected chi connectivity index (χ4v) is 2.35. The summed E-state index contributed by atoms with van der Waals surface area (Å²) in [5.41, 5.74) is 1.12. The van der Waals surface area contributed by atoms with E-state index in [1.165, 1.54) is 6.07 Å². The lowest BCUT2D eigenvalue weighted by molar-refractivity contribution is -0.136. The van der Waals surface area contributed by atoms with Gasteiger partial charge in [-0.05, 0) is 44.9 Å². The third-order valence-corrected chi connectivity index (χ3v) is 3.55. The lowest BCUT2D eigenvalue weighted by Crippen LogP contribution is -2.12. The summed E-state index contributed by atoms with van der Waals surface area (Å²) in [5, 5.41) is 15.5. The van der Waals surface area contributed by atoms with Gasteiger partial charge in [-0.15, -0.1) is 0 Å². The van der Waals surface area contributed by atoms with Gasteiger partial charge in [-0.1, -0.05) is 5.16 Å². The molecular formula is C16H16F3N3O. The smallest absolute Gasteiger partial charge is 0.385 e. The number of anilines is 1. The van der Waals surface area contributed by atoms with Crippen LogP contribution in [0.15, 0.2) is 22.7 Å². The Bertz CT molecular complexity index is 710. The standard InChI is InChI=1S/C16H16F3N3O/c1-10-13(11(2)23-22-10)4-3-7-21-15-8-12(9-20)5-6-14(15)16(17,18)19/h5-6,8,21H,3-4,7H2,1-2H3. The molecule has 0 spiro atoms. The van der Waals surface area contributed by atoms with Crippen LogP contribution in [0.3, 0.4) is 0 Å². The number of nitriles is 1. The van der Waals surface area contributed by atoms with E-state index >= 15 is 0 Å². The van der Waals surface area contributed by atoms with Crippen molar-refractivity contribution < 1.29 is 17.7 Å². The van der Waals surface area contributed by atoms with Crippen LogP contribution in [0.4, 0.5) is 18.9 Å².